The molecule has 0 fully saturated rings. The Morgan fingerprint density at radius 1 is 1.25 bits per heavy atom. The van der Waals surface area contributed by atoms with E-state index in [0.717, 1.165) is 21.0 Å². The Balaban J connectivity index is 2.37. The molecule has 0 atom stereocenters. The third kappa shape index (κ3) is 1.16. The number of benzene rings is 1. The number of hydrogen-bond acceptors (Lipinski definition) is 2. The molecule has 0 aromatic heterocycles. The lowest BCUT2D eigenvalue weighted by molar-refractivity contribution is 0.196. The fraction of sp³-hybridized carbons (Fsp3) is 0. The first-order valence-corrected chi connectivity index (χ1v) is 4.85. The molecule has 0 bridgehead atoms. The van der Waals surface area contributed by atoms with Crippen LogP contribution in [0.1, 0.15) is 0 Å². The van der Waals surface area contributed by atoms with Gasteiger partial charge >= 0.3 is 6.09 Å². The highest BCUT2D eigenvalue weighted by Gasteiger charge is 2.12. The highest BCUT2D eigenvalue weighted by atomic mass is 16.4. The van der Waals surface area contributed by atoms with Crippen molar-refractivity contribution >= 4 is 17.0 Å². The van der Waals surface area contributed by atoms with Gasteiger partial charge < -0.3 is 5.11 Å². The van der Waals surface area contributed by atoms with Gasteiger partial charge in [-0.3, -0.25) is 4.57 Å². The number of carboxylic acid groups (broad SMARTS) is 1. The molecule has 0 spiro atoms. The van der Waals surface area contributed by atoms with Crippen LogP contribution in [0.15, 0.2) is 42.7 Å². The highest BCUT2D eigenvalue weighted by Crippen LogP contribution is 2.29. The van der Waals surface area contributed by atoms with Crippen LogP contribution in [-0.4, -0.2) is 20.8 Å². The van der Waals surface area contributed by atoms with Crippen molar-refractivity contribution in [2.75, 3.05) is 0 Å². The predicted octanol–water partition coefficient (Wildman–Crippen LogP) is 2.67. The van der Waals surface area contributed by atoms with E-state index < -0.39 is 6.09 Å². The lowest BCUT2D eigenvalue weighted by Crippen LogP contribution is -2.07. The first kappa shape index (κ1) is 8.91. The quantitative estimate of drug-likeness (QED) is 0.623. The molecule has 0 amide bonds. The first-order chi connectivity index (χ1) is 7.75. The average molecular weight is 212 g/mol. The van der Waals surface area contributed by atoms with Crippen LogP contribution in [0.5, 0.6) is 0 Å². The van der Waals surface area contributed by atoms with Crippen LogP contribution >= 0.6 is 0 Å². The summed E-state index contributed by atoms with van der Waals surface area (Å²) in [6, 6.07) is 9.54. The maximum absolute atomic E-state index is 10.8. The van der Waals surface area contributed by atoms with E-state index in [1.807, 2.05) is 24.3 Å². The summed E-state index contributed by atoms with van der Waals surface area (Å²) in [5, 5.41) is 9.91. The molecule has 2 heterocycles. The summed E-state index contributed by atoms with van der Waals surface area (Å²) >= 11 is 0. The molecule has 1 N–H and O–H groups in total. The Kier molecular flexibility index (Phi) is 1.71. The van der Waals surface area contributed by atoms with Crippen LogP contribution in [0, 0.1) is 0 Å². The lowest BCUT2D eigenvalue weighted by Gasteiger charge is -2.02. The molecule has 0 saturated heterocycles. The van der Waals surface area contributed by atoms with Gasteiger partial charge in [-0.25, -0.2) is 9.78 Å². The molecule has 2 aliphatic rings. The minimum Gasteiger partial charge on any atom is -0.464 e. The van der Waals surface area contributed by atoms with E-state index >= 15 is 0 Å². The molecular weight excluding hydrogens is 204 g/mol. The summed E-state index contributed by atoms with van der Waals surface area (Å²) < 4.78 is 1.11. The van der Waals surface area contributed by atoms with E-state index in [1.54, 1.807) is 6.07 Å². The Hall–Kier alpha value is -2.36. The minimum absolute atomic E-state index is 0.700. The zero-order valence-electron chi connectivity index (χ0n) is 8.29. The van der Waals surface area contributed by atoms with Gasteiger partial charge in [0.1, 0.15) is 0 Å². The molecule has 0 unspecified atom stereocenters. The summed E-state index contributed by atoms with van der Waals surface area (Å²) in [4.78, 5) is 15.2. The van der Waals surface area contributed by atoms with Crippen molar-refractivity contribution in [1.29, 1.82) is 0 Å². The normalized spacial score (nSPS) is 11.0. The third-order valence-corrected chi connectivity index (χ3v) is 2.60. The fourth-order valence-electron chi connectivity index (χ4n) is 1.85. The second-order valence-corrected chi connectivity index (χ2v) is 3.56. The first-order valence-electron chi connectivity index (χ1n) is 4.85. The van der Waals surface area contributed by atoms with Gasteiger partial charge in [0.05, 0.1) is 11.2 Å². The predicted molar refractivity (Wildman–Crippen MR) is 59.8 cm³/mol. The van der Waals surface area contributed by atoms with Gasteiger partial charge in [-0.2, -0.15) is 0 Å². The monoisotopic (exact) mass is 212 g/mol. The van der Waals surface area contributed by atoms with E-state index in [4.69, 9.17) is 5.11 Å². The van der Waals surface area contributed by atoms with Gasteiger partial charge in [0.15, 0.2) is 0 Å². The standard InChI is InChI=1S/C12H8N2O2/c15-12(16)14-6-5-9-8-3-1-2-4-10(8)13-11(9)7-14/h1-7H,(H,15,16). The minimum atomic E-state index is -1.01. The summed E-state index contributed by atoms with van der Waals surface area (Å²) in [5.74, 6) is 0. The largest absolute Gasteiger partial charge is 0.464 e. The number of pyridine rings is 1. The number of carbonyl (C=O) groups is 1. The van der Waals surface area contributed by atoms with Crippen molar-refractivity contribution in [3.05, 3.63) is 42.7 Å². The van der Waals surface area contributed by atoms with Crippen molar-refractivity contribution in [2.24, 2.45) is 0 Å². The number of nitrogens with zero attached hydrogens (tertiary/aromatic N) is 2. The molecule has 16 heavy (non-hydrogen) atoms. The van der Waals surface area contributed by atoms with Crippen LogP contribution in [0.2, 0.25) is 0 Å². The van der Waals surface area contributed by atoms with E-state index in [0.29, 0.717) is 5.69 Å². The van der Waals surface area contributed by atoms with Gasteiger partial charge in [-0.15, -0.1) is 0 Å². The van der Waals surface area contributed by atoms with Crippen molar-refractivity contribution < 1.29 is 9.90 Å². The van der Waals surface area contributed by atoms with Crippen molar-refractivity contribution in [3.8, 4) is 11.3 Å². The molecule has 2 aliphatic heterocycles. The van der Waals surface area contributed by atoms with Crippen molar-refractivity contribution in [3.63, 3.8) is 0 Å². The van der Waals surface area contributed by atoms with E-state index in [9.17, 15) is 4.79 Å². The van der Waals surface area contributed by atoms with Gasteiger partial charge in [0.2, 0.25) is 0 Å². The Bertz CT molecular complexity index is 657. The number of fused-ring (bicyclic) bond motifs is 3. The Morgan fingerprint density at radius 3 is 2.88 bits per heavy atom. The second kappa shape index (κ2) is 3.06. The van der Waals surface area contributed by atoms with Gasteiger partial charge in [-0.1, -0.05) is 18.2 Å². The van der Waals surface area contributed by atoms with Crippen LogP contribution in [0.4, 0.5) is 4.79 Å². The highest BCUT2D eigenvalue weighted by molar-refractivity contribution is 5.97. The average Bonchev–Trinajstić information content (AvgIpc) is 2.66. The van der Waals surface area contributed by atoms with Crippen LogP contribution in [0.25, 0.3) is 22.2 Å². The topological polar surface area (TPSA) is 55.1 Å². The lowest BCUT2D eigenvalue weighted by atomic mass is 10.1. The van der Waals surface area contributed by atoms with E-state index in [-0.39, 0.29) is 0 Å². The van der Waals surface area contributed by atoms with Crippen LogP contribution < -0.4 is 0 Å². The maximum Gasteiger partial charge on any atom is 0.415 e. The van der Waals surface area contributed by atoms with E-state index in [2.05, 4.69) is 4.98 Å². The van der Waals surface area contributed by atoms with Crippen LogP contribution in [-0.2, 0) is 0 Å². The van der Waals surface area contributed by atoms with Gasteiger partial charge in [0.25, 0.3) is 0 Å². The Morgan fingerprint density at radius 2 is 2.06 bits per heavy atom. The zero-order chi connectivity index (χ0) is 11.1. The number of hydrogen-bond donors (Lipinski definition) is 1. The SMILES string of the molecule is O=C(O)n1ccc2c3ccccc3nc-2c1. The van der Waals surface area contributed by atoms with E-state index in [1.165, 1.54) is 12.4 Å². The van der Waals surface area contributed by atoms with Crippen molar-refractivity contribution in [1.82, 2.24) is 9.55 Å². The van der Waals surface area contributed by atoms with Gasteiger partial charge in [0, 0.05) is 23.3 Å². The molecule has 1 aromatic rings. The molecular formula is C12H8N2O2. The number of rotatable bonds is 0. The molecule has 4 heteroatoms. The number of para-hydroxylation sites is 1. The summed E-state index contributed by atoms with van der Waals surface area (Å²) in [7, 11) is 0. The molecule has 78 valence electrons. The molecule has 3 rings (SSSR count). The maximum atomic E-state index is 10.8. The summed E-state index contributed by atoms with van der Waals surface area (Å²) in [6.45, 7) is 0. The summed E-state index contributed by atoms with van der Waals surface area (Å²) in [6.07, 6.45) is 2.05. The molecule has 0 aliphatic carbocycles. The number of aromatic nitrogens is 2. The van der Waals surface area contributed by atoms with Crippen molar-refractivity contribution in [2.45, 2.75) is 0 Å². The fourth-order valence-corrected chi connectivity index (χ4v) is 1.85. The second-order valence-electron chi connectivity index (χ2n) is 3.56. The summed E-state index contributed by atoms with van der Waals surface area (Å²) in [5.41, 5.74) is 2.57. The molecule has 4 nitrogen and oxygen atoms in total. The molecule has 0 radical (unpaired) electrons. The Labute approximate surface area is 91.1 Å². The smallest absolute Gasteiger partial charge is 0.415 e. The molecule has 1 aromatic carbocycles. The third-order valence-electron chi connectivity index (χ3n) is 2.60. The molecule has 0 saturated carbocycles. The van der Waals surface area contributed by atoms with Gasteiger partial charge in [-0.05, 0) is 12.1 Å². The zero-order valence-corrected chi connectivity index (χ0v) is 8.29. The van der Waals surface area contributed by atoms with Crippen LogP contribution in [0.3, 0.4) is 0 Å².